The molecule has 0 aliphatic carbocycles. The molecule has 1 amide bonds. The van der Waals surface area contributed by atoms with Crippen LogP contribution < -0.4 is 25.4 Å². The standard InChI is InChI=1S/C21H14F5N5O3/c22-20(23,24)13-9-27-19(29-11-2-4-14-10(7-11)1-6-17(32)30-14)31-18(13)28-12-3-5-15-16(8-12)34-21(25,26)33-15/h2-5,7-9H,1,6H2,(H,30,32)(H2,27,28,29,31). The van der Waals surface area contributed by atoms with Crippen LogP contribution in [0.15, 0.2) is 42.6 Å². The number of nitrogens with one attached hydrogen (secondary N) is 3. The molecule has 2 aliphatic heterocycles. The molecule has 0 unspecified atom stereocenters. The molecular formula is C21H14F5N5O3. The number of aryl methyl sites for hydroxylation is 1. The third-order valence-corrected chi connectivity index (χ3v) is 5.02. The van der Waals surface area contributed by atoms with Crippen molar-refractivity contribution in [1.82, 2.24) is 9.97 Å². The average molecular weight is 479 g/mol. The molecule has 1 aromatic heterocycles. The summed E-state index contributed by atoms with van der Waals surface area (Å²) in [5.74, 6) is -1.41. The van der Waals surface area contributed by atoms with Crippen molar-refractivity contribution in [2.24, 2.45) is 0 Å². The number of hydrogen-bond donors (Lipinski definition) is 3. The van der Waals surface area contributed by atoms with Gasteiger partial charge < -0.3 is 25.4 Å². The van der Waals surface area contributed by atoms with Gasteiger partial charge in [-0.05, 0) is 42.3 Å². The highest BCUT2D eigenvalue weighted by Gasteiger charge is 2.43. The molecule has 0 radical (unpaired) electrons. The number of nitrogens with zero attached hydrogens (tertiary/aromatic N) is 2. The van der Waals surface area contributed by atoms with Gasteiger partial charge in [-0.2, -0.15) is 18.2 Å². The molecule has 176 valence electrons. The molecule has 13 heteroatoms. The van der Waals surface area contributed by atoms with Crippen molar-refractivity contribution in [1.29, 1.82) is 0 Å². The summed E-state index contributed by atoms with van der Waals surface area (Å²) in [5, 5.41) is 8.05. The molecule has 3 N–H and O–H groups in total. The molecular weight excluding hydrogens is 465 g/mol. The lowest BCUT2D eigenvalue weighted by molar-refractivity contribution is -0.286. The van der Waals surface area contributed by atoms with Crippen LogP contribution in [0.3, 0.4) is 0 Å². The van der Waals surface area contributed by atoms with Gasteiger partial charge in [-0.3, -0.25) is 4.79 Å². The van der Waals surface area contributed by atoms with E-state index in [2.05, 4.69) is 35.4 Å². The highest BCUT2D eigenvalue weighted by Crippen LogP contribution is 2.43. The van der Waals surface area contributed by atoms with E-state index in [1.165, 1.54) is 6.07 Å². The van der Waals surface area contributed by atoms with E-state index in [0.717, 1.165) is 17.7 Å². The number of halogens is 5. The van der Waals surface area contributed by atoms with Gasteiger partial charge >= 0.3 is 12.5 Å². The second-order valence-corrected chi connectivity index (χ2v) is 7.45. The van der Waals surface area contributed by atoms with E-state index in [1.54, 1.807) is 18.2 Å². The van der Waals surface area contributed by atoms with E-state index in [9.17, 15) is 26.7 Å². The minimum atomic E-state index is -4.78. The Labute approximate surface area is 188 Å². The smallest absolute Gasteiger partial charge is 0.395 e. The maximum Gasteiger partial charge on any atom is 0.586 e. The molecule has 0 saturated heterocycles. The predicted octanol–water partition coefficient (Wildman–Crippen LogP) is 5.19. The molecule has 34 heavy (non-hydrogen) atoms. The molecule has 0 spiro atoms. The number of aromatic nitrogens is 2. The minimum Gasteiger partial charge on any atom is -0.395 e. The summed E-state index contributed by atoms with van der Waals surface area (Å²) in [6.07, 6.45) is -7.20. The summed E-state index contributed by atoms with van der Waals surface area (Å²) in [4.78, 5) is 19.2. The zero-order chi connectivity index (χ0) is 24.1. The van der Waals surface area contributed by atoms with Crippen LogP contribution in [0, 0.1) is 0 Å². The Morgan fingerprint density at radius 1 is 0.971 bits per heavy atom. The number of carbonyl (C=O) groups excluding carboxylic acids is 1. The maximum absolute atomic E-state index is 13.5. The van der Waals surface area contributed by atoms with E-state index in [1.807, 2.05) is 0 Å². The van der Waals surface area contributed by atoms with Crippen molar-refractivity contribution < 1.29 is 36.2 Å². The van der Waals surface area contributed by atoms with Crippen LogP contribution in [0.5, 0.6) is 11.5 Å². The number of alkyl halides is 5. The second-order valence-electron chi connectivity index (χ2n) is 7.45. The minimum absolute atomic E-state index is 0.0136. The van der Waals surface area contributed by atoms with Crippen molar-refractivity contribution in [2.75, 3.05) is 16.0 Å². The summed E-state index contributed by atoms with van der Waals surface area (Å²) in [6, 6.07) is 8.48. The zero-order valence-electron chi connectivity index (χ0n) is 17.0. The number of amides is 1. The van der Waals surface area contributed by atoms with E-state index < -0.39 is 23.9 Å². The van der Waals surface area contributed by atoms with Crippen LogP contribution in [-0.4, -0.2) is 22.2 Å². The largest absolute Gasteiger partial charge is 0.586 e. The molecule has 0 atom stereocenters. The number of benzene rings is 2. The van der Waals surface area contributed by atoms with Crippen molar-refractivity contribution in [3.63, 3.8) is 0 Å². The number of fused-ring (bicyclic) bond motifs is 2. The fraction of sp³-hybridized carbons (Fsp3) is 0.190. The number of ether oxygens (including phenoxy) is 2. The Kier molecular flexibility index (Phi) is 4.92. The fourth-order valence-electron chi connectivity index (χ4n) is 3.50. The van der Waals surface area contributed by atoms with Crippen LogP contribution in [0.4, 0.5) is 50.8 Å². The van der Waals surface area contributed by atoms with Gasteiger partial charge in [-0.25, -0.2) is 4.98 Å². The zero-order valence-corrected chi connectivity index (χ0v) is 17.0. The van der Waals surface area contributed by atoms with Gasteiger partial charge in [0.2, 0.25) is 11.9 Å². The topological polar surface area (TPSA) is 97.4 Å². The lowest BCUT2D eigenvalue weighted by Crippen LogP contribution is -2.25. The van der Waals surface area contributed by atoms with Crippen molar-refractivity contribution in [3.05, 3.63) is 53.7 Å². The Morgan fingerprint density at radius 3 is 2.50 bits per heavy atom. The first kappa shape index (κ1) is 21.7. The van der Waals surface area contributed by atoms with E-state index >= 15 is 0 Å². The number of hydrogen-bond acceptors (Lipinski definition) is 7. The summed E-state index contributed by atoms with van der Waals surface area (Å²) < 4.78 is 75.7. The Bertz CT molecular complexity index is 1300. The van der Waals surface area contributed by atoms with Crippen LogP contribution in [0.1, 0.15) is 17.5 Å². The quantitative estimate of drug-likeness (QED) is 0.443. The third-order valence-electron chi connectivity index (χ3n) is 5.02. The van der Waals surface area contributed by atoms with E-state index in [0.29, 0.717) is 30.4 Å². The van der Waals surface area contributed by atoms with Gasteiger partial charge in [0.1, 0.15) is 11.4 Å². The van der Waals surface area contributed by atoms with Crippen LogP contribution in [0.25, 0.3) is 0 Å². The van der Waals surface area contributed by atoms with E-state index in [4.69, 9.17) is 0 Å². The molecule has 5 rings (SSSR count). The first-order chi connectivity index (χ1) is 16.1. The molecule has 2 aromatic carbocycles. The Hall–Kier alpha value is -4.16. The third kappa shape index (κ3) is 4.36. The van der Waals surface area contributed by atoms with Crippen LogP contribution in [-0.2, 0) is 17.4 Å². The van der Waals surface area contributed by atoms with Crippen molar-refractivity contribution >= 4 is 34.7 Å². The number of carbonyl (C=O) groups is 1. The molecule has 3 heterocycles. The molecule has 2 aliphatic rings. The second kappa shape index (κ2) is 7.71. The summed E-state index contributed by atoms with van der Waals surface area (Å²) >= 11 is 0. The van der Waals surface area contributed by atoms with Crippen molar-refractivity contribution in [2.45, 2.75) is 25.3 Å². The van der Waals surface area contributed by atoms with Gasteiger partial charge in [0.15, 0.2) is 11.5 Å². The predicted molar refractivity (Wildman–Crippen MR) is 110 cm³/mol. The van der Waals surface area contributed by atoms with Gasteiger partial charge in [-0.15, -0.1) is 8.78 Å². The number of rotatable bonds is 4. The summed E-state index contributed by atoms with van der Waals surface area (Å²) in [7, 11) is 0. The van der Waals surface area contributed by atoms with Gasteiger partial charge in [0.05, 0.1) is 0 Å². The molecule has 0 saturated carbocycles. The monoisotopic (exact) mass is 479 g/mol. The highest BCUT2D eigenvalue weighted by atomic mass is 19.4. The summed E-state index contributed by atoms with van der Waals surface area (Å²) in [5.41, 5.74) is 0.873. The number of anilines is 5. The average Bonchev–Trinajstić information content (AvgIpc) is 3.06. The Balaban J connectivity index is 1.43. The lowest BCUT2D eigenvalue weighted by Gasteiger charge is -2.18. The van der Waals surface area contributed by atoms with Crippen LogP contribution in [0.2, 0.25) is 0 Å². The first-order valence-corrected chi connectivity index (χ1v) is 9.87. The lowest BCUT2D eigenvalue weighted by atomic mass is 10.0. The van der Waals surface area contributed by atoms with Gasteiger partial charge in [0.25, 0.3) is 0 Å². The highest BCUT2D eigenvalue weighted by molar-refractivity contribution is 5.94. The fourth-order valence-corrected chi connectivity index (χ4v) is 3.50. The Morgan fingerprint density at radius 2 is 1.71 bits per heavy atom. The normalized spacial score (nSPS) is 16.0. The SMILES string of the molecule is O=C1CCc2cc(Nc3ncc(C(F)(F)F)c(Nc4ccc5c(c4)OC(F)(F)O5)n3)ccc2N1. The van der Waals surface area contributed by atoms with E-state index in [-0.39, 0.29) is 29.0 Å². The summed E-state index contributed by atoms with van der Waals surface area (Å²) in [6.45, 7) is 0. The van der Waals surface area contributed by atoms with Crippen LogP contribution >= 0.6 is 0 Å². The van der Waals surface area contributed by atoms with Gasteiger partial charge in [-0.1, -0.05) is 0 Å². The molecule has 0 bridgehead atoms. The molecule has 8 nitrogen and oxygen atoms in total. The molecule has 3 aromatic rings. The van der Waals surface area contributed by atoms with Gasteiger partial charge in [0, 0.05) is 35.7 Å². The first-order valence-electron chi connectivity index (χ1n) is 9.87. The maximum atomic E-state index is 13.5. The molecule has 0 fully saturated rings. The van der Waals surface area contributed by atoms with Crippen molar-refractivity contribution in [3.8, 4) is 11.5 Å².